The molecular weight excluding hydrogens is 318 g/mol. The monoisotopic (exact) mass is 341 g/mol. The Morgan fingerprint density at radius 2 is 2.04 bits per heavy atom. The molecule has 4 bridgehead atoms. The average Bonchev–Trinajstić information content (AvgIpc) is 3.18. The Morgan fingerprint density at radius 1 is 1.12 bits per heavy atom. The first-order valence-electron chi connectivity index (χ1n) is 9.11. The van der Waals surface area contributed by atoms with E-state index in [0.29, 0.717) is 23.8 Å². The van der Waals surface area contributed by atoms with E-state index >= 15 is 0 Å². The van der Waals surface area contributed by atoms with E-state index in [1.807, 2.05) is 10.6 Å². The Hall–Kier alpha value is -1.62. The van der Waals surface area contributed by atoms with Crippen molar-refractivity contribution < 1.29 is 0 Å². The predicted molar refractivity (Wildman–Crippen MR) is 98.0 cm³/mol. The Kier molecular flexibility index (Phi) is 3.34. The number of hydrogen-bond acceptors (Lipinski definition) is 2. The van der Waals surface area contributed by atoms with Gasteiger partial charge < -0.3 is 14.8 Å². The van der Waals surface area contributed by atoms with Crippen LogP contribution in [-0.4, -0.2) is 33.7 Å². The lowest BCUT2D eigenvalue weighted by Gasteiger charge is -2.44. The van der Waals surface area contributed by atoms with Crippen molar-refractivity contribution in [2.45, 2.75) is 37.8 Å². The van der Waals surface area contributed by atoms with Crippen molar-refractivity contribution in [2.75, 3.05) is 13.1 Å². The maximum atomic E-state index is 12.1. The summed E-state index contributed by atoms with van der Waals surface area (Å²) >= 11 is 5.75. The van der Waals surface area contributed by atoms with E-state index in [2.05, 4.69) is 28.4 Å². The molecule has 4 nitrogen and oxygen atoms in total. The van der Waals surface area contributed by atoms with Gasteiger partial charge in [-0.3, -0.25) is 4.79 Å². The van der Waals surface area contributed by atoms with Gasteiger partial charge in [-0.2, -0.15) is 0 Å². The number of pyridine rings is 1. The van der Waals surface area contributed by atoms with Crippen LogP contribution in [0.1, 0.15) is 30.9 Å². The number of piperidine rings is 1. The van der Waals surface area contributed by atoms with Crippen LogP contribution < -0.4 is 10.9 Å². The molecule has 2 fully saturated rings. The molecule has 5 atom stereocenters. The summed E-state index contributed by atoms with van der Waals surface area (Å²) in [6, 6.07) is 6.20. The molecule has 0 unspecified atom stereocenters. The zero-order valence-electron chi connectivity index (χ0n) is 13.7. The minimum atomic E-state index is 0.144. The fraction of sp³-hybridized carbons (Fsp3) is 0.579. The van der Waals surface area contributed by atoms with E-state index in [-0.39, 0.29) is 5.56 Å². The quantitative estimate of drug-likeness (QED) is 0.627. The maximum absolute atomic E-state index is 12.1. The second kappa shape index (κ2) is 5.45. The summed E-state index contributed by atoms with van der Waals surface area (Å²) in [6.07, 6.45) is 8.43. The van der Waals surface area contributed by atoms with Crippen molar-refractivity contribution in [3.05, 3.63) is 46.4 Å². The zero-order chi connectivity index (χ0) is 16.3. The first-order chi connectivity index (χ1) is 11.7. The standard InChI is InChI=1S/C19H23N3OS/c23-18-3-1-2-17-15-7-13(10-22(17)18)9-21(11-15)19(24)20-16-8-12-4-5-14(16)6-12/h1-5,12-16H,6-11H2,(H,20,24)/t12-,13+,14+,15+,16+/m1/s1. The van der Waals surface area contributed by atoms with Crippen LogP contribution in [0.4, 0.5) is 0 Å². The number of likely N-dealkylation sites (tertiary alicyclic amines) is 1. The largest absolute Gasteiger partial charge is 0.359 e. The molecule has 5 rings (SSSR count). The molecule has 3 heterocycles. The highest BCUT2D eigenvalue weighted by atomic mass is 32.1. The number of nitrogens with one attached hydrogen (secondary N) is 1. The molecule has 1 aromatic rings. The van der Waals surface area contributed by atoms with E-state index in [0.717, 1.165) is 30.7 Å². The zero-order valence-corrected chi connectivity index (χ0v) is 14.5. The minimum absolute atomic E-state index is 0.144. The normalized spacial score (nSPS) is 35.8. The molecule has 126 valence electrons. The lowest BCUT2D eigenvalue weighted by molar-refractivity contribution is 0.176. The lowest BCUT2D eigenvalue weighted by atomic mass is 9.83. The average molecular weight is 341 g/mol. The number of aromatic nitrogens is 1. The van der Waals surface area contributed by atoms with Gasteiger partial charge in [0.1, 0.15) is 0 Å². The molecule has 1 aromatic heterocycles. The SMILES string of the molecule is O=c1cccc2n1C[C@H]1C[C@H]2CN(C(=S)N[C@H]2C[C@@H]3C=C[C@H]2C3)C1. The molecule has 1 saturated carbocycles. The van der Waals surface area contributed by atoms with Gasteiger partial charge >= 0.3 is 0 Å². The Labute approximate surface area is 147 Å². The van der Waals surface area contributed by atoms with E-state index < -0.39 is 0 Å². The summed E-state index contributed by atoms with van der Waals surface area (Å²) < 4.78 is 1.98. The smallest absolute Gasteiger partial charge is 0.250 e. The molecular formula is C19H23N3OS. The van der Waals surface area contributed by atoms with Crippen LogP contribution in [0, 0.1) is 17.8 Å². The van der Waals surface area contributed by atoms with Crippen molar-refractivity contribution in [1.29, 1.82) is 0 Å². The summed E-state index contributed by atoms with van der Waals surface area (Å²) in [5.41, 5.74) is 1.33. The second-order valence-electron chi connectivity index (χ2n) is 7.94. The Balaban J connectivity index is 1.32. The summed E-state index contributed by atoms with van der Waals surface area (Å²) in [6.45, 7) is 2.74. The Bertz CT molecular complexity index is 770. The van der Waals surface area contributed by atoms with Crippen molar-refractivity contribution in [2.24, 2.45) is 17.8 Å². The highest BCUT2D eigenvalue weighted by molar-refractivity contribution is 7.80. The summed E-state index contributed by atoms with van der Waals surface area (Å²) in [7, 11) is 0. The molecule has 1 saturated heterocycles. The van der Waals surface area contributed by atoms with Gasteiger partial charge in [0.2, 0.25) is 0 Å². The van der Waals surface area contributed by atoms with Crippen molar-refractivity contribution in [1.82, 2.24) is 14.8 Å². The van der Waals surface area contributed by atoms with Crippen LogP contribution in [0.25, 0.3) is 0 Å². The van der Waals surface area contributed by atoms with Gasteiger partial charge in [0.05, 0.1) is 0 Å². The van der Waals surface area contributed by atoms with Gasteiger partial charge in [0.15, 0.2) is 5.11 Å². The topological polar surface area (TPSA) is 37.3 Å². The number of rotatable bonds is 1. The van der Waals surface area contributed by atoms with Crippen molar-refractivity contribution >= 4 is 17.3 Å². The first kappa shape index (κ1) is 14.7. The third-order valence-electron chi connectivity index (χ3n) is 6.35. The van der Waals surface area contributed by atoms with Gasteiger partial charge in [-0.1, -0.05) is 18.2 Å². The van der Waals surface area contributed by atoms with Crippen LogP contribution in [-0.2, 0) is 6.54 Å². The van der Waals surface area contributed by atoms with E-state index in [4.69, 9.17) is 12.2 Å². The molecule has 0 radical (unpaired) electrons. The second-order valence-corrected chi connectivity index (χ2v) is 8.33. The number of hydrogen-bond donors (Lipinski definition) is 1. The van der Waals surface area contributed by atoms with E-state index in [9.17, 15) is 4.79 Å². The van der Waals surface area contributed by atoms with E-state index in [1.54, 1.807) is 6.07 Å². The Morgan fingerprint density at radius 3 is 2.83 bits per heavy atom. The van der Waals surface area contributed by atoms with Crippen molar-refractivity contribution in [3.8, 4) is 0 Å². The third-order valence-corrected chi connectivity index (χ3v) is 6.73. The molecule has 5 heteroatoms. The molecule has 2 aliphatic heterocycles. The highest BCUT2D eigenvalue weighted by Gasteiger charge is 2.38. The molecule has 1 N–H and O–H groups in total. The maximum Gasteiger partial charge on any atom is 0.250 e. The van der Waals surface area contributed by atoms with Crippen LogP contribution in [0.15, 0.2) is 35.1 Å². The molecule has 0 amide bonds. The first-order valence-corrected chi connectivity index (χ1v) is 9.51. The minimum Gasteiger partial charge on any atom is -0.359 e. The van der Waals surface area contributed by atoms with Crippen molar-refractivity contribution in [3.63, 3.8) is 0 Å². The van der Waals surface area contributed by atoms with Gasteiger partial charge in [-0.25, -0.2) is 0 Å². The number of fused-ring (bicyclic) bond motifs is 6. The molecule has 0 aromatic carbocycles. The fourth-order valence-corrected chi connectivity index (χ4v) is 5.56. The molecule has 24 heavy (non-hydrogen) atoms. The van der Waals surface area contributed by atoms with Crippen LogP contribution in [0.5, 0.6) is 0 Å². The third kappa shape index (κ3) is 2.32. The summed E-state index contributed by atoms with van der Waals surface area (Å²) in [5, 5.41) is 4.56. The van der Waals surface area contributed by atoms with Gasteiger partial charge in [-0.15, -0.1) is 0 Å². The van der Waals surface area contributed by atoms with Crippen LogP contribution in [0.2, 0.25) is 0 Å². The summed E-state index contributed by atoms with van der Waals surface area (Å²) in [4.78, 5) is 14.5. The van der Waals surface area contributed by atoms with Gasteiger partial charge in [-0.05, 0) is 55.3 Å². The molecule has 0 spiro atoms. The number of allylic oxidation sites excluding steroid dienone is 1. The fourth-order valence-electron chi connectivity index (χ4n) is 5.26. The van der Waals surface area contributed by atoms with Gasteiger partial charge in [0.25, 0.3) is 5.56 Å². The van der Waals surface area contributed by atoms with Crippen LogP contribution >= 0.6 is 12.2 Å². The molecule has 4 aliphatic rings. The predicted octanol–water partition coefficient (Wildman–Crippen LogP) is 2.11. The highest BCUT2D eigenvalue weighted by Crippen LogP contribution is 2.39. The lowest BCUT2D eigenvalue weighted by Crippen LogP contribution is -2.53. The molecule has 2 aliphatic carbocycles. The number of nitrogens with zero attached hydrogens (tertiary/aromatic N) is 2. The van der Waals surface area contributed by atoms with E-state index in [1.165, 1.54) is 25.0 Å². The van der Waals surface area contributed by atoms with Crippen LogP contribution in [0.3, 0.4) is 0 Å². The number of thiocarbonyl (C=S) groups is 1. The van der Waals surface area contributed by atoms with Gasteiger partial charge in [0, 0.05) is 43.4 Å². The summed E-state index contributed by atoms with van der Waals surface area (Å²) in [5.74, 6) is 2.37.